The van der Waals surface area contributed by atoms with Crippen molar-refractivity contribution in [2.45, 2.75) is 64.5 Å². The number of fused-ring (bicyclic) bond motifs is 1. The molecule has 2 N–H and O–H groups in total. The van der Waals surface area contributed by atoms with Crippen molar-refractivity contribution < 1.29 is 18.1 Å². The second-order valence-electron chi connectivity index (χ2n) is 8.78. The van der Waals surface area contributed by atoms with Crippen LogP contribution in [0.2, 0.25) is 0 Å². The topological polar surface area (TPSA) is 75.6 Å². The summed E-state index contributed by atoms with van der Waals surface area (Å²) in [7, 11) is -4.86. The van der Waals surface area contributed by atoms with Crippen molar-refractivity contribution in [1.82, 2.24) is 4.72 Å². The third kappa shape index (κ3) is 5.10. The molecule has 0 aromatic heterocycles. The highest BCUT2D eigenvalue weighted by Crippen LogP contribution is 2.25. The van der Waals surface area contributed by atoms with Gasteiger partial charge in [0, 0.05) is 10.9 Å². The molecule has 0 radical (unpaired) electrons. The van der Waals surface area contributed by atoms with Crippen molar-refractivity contribution in [1.29, 1.82) is 0 Å². The molecule has 0 aliphatic carbocycles. The van der Waals surface area contributed by atoms with Crippen LogP contribution in [0.4, 0.5) is 0 Å². The van der Waals surface area contributed by atoms with Crippen LogP contribution in [0.5, 0.6) is 0 Å². The van der Waals surface area contributed by atoms with Gasteiger partial charge in [0.2, 0.25) is 10.0 Å². The summed E-state index contributed by atoms with van der Waals surface area (Å²) in [5, 5.41) is 11.9. The number of sulfonamides is 1. The van der Waals surface area contributed by atoms with Gasteiger partial charge in [0.25, 0.3) is 0 Å². The van der Waals surface area contributed by atoms with E-state index in [1.807, 2.05) is 33.8 Å². The quantitative estimate of drug-likeness (QED) is 0.743. The first kappa shape index (κ1) is 21.9. The lowest BCUT2D eigenvalue weighted by Crippen LogP contribution is -2.45. The zero-order valence-corrected chi connectivity index (χ0v) is 18.0. The third-order valence-corrected chi connectivity index (χ3v) is 6.54. The van der Waals surface area contributed by atoms with Crippen molar-refractivity contribution in [3.05, 3.63) is 36.4 Å². The molecule has 2 aromatic rings. The summed E-state index contributed by atoms with van der Waals surface area (Å²) in [5.74, 6) is 0.203. The van der Waals surface area contributed by atoms with Crippen molar-refractivity contribution in [3.8, 4) is 0 Å². The van der Waals surface area contributed by atoms with Crippen molar-refractivity contribution in [2.24, 2.45) is 5.92 Å². The fraction of sp³-hybridized carbons (Fsp3) is 0.500. The molecule has 0 aliphatic heterocycles. The maximum atomic E-state index is 12.9. The van der Waals surface area contributed by atoms with Crippen molar-refractivity contribution in [3.63, 3.8) is 0 Å². The summed E-state index contributed by atoms with van der Waals surface area (Å²) in [6.45, 7) is 13.3. The molecule has 0 aliphatic rings. The smallest absolute Gasteiger partial charge is 0.423 e. The average Bonchev–Trinajstić information content (AvgIpc) is 2.50. The minimum absolute atomic E-state index is 0.187. The fourth-order valence-corrected chi connectivity index (χ4v) is 4.32. The van der Waals surface area contributed by atoms with Crippen LogP contribution in [0.3, 0.4) is 0 Å². The first-order valence-corrected chi connectivity index (χ1v) is 10.6. The second-order valence-corrected chi connectivity index (χ2v) is 10.4. The van der Waals surface area contributed by atoms with Crippen LogP contribution in [0, 0.1) is 5.92 Å². The van der Waals surface area contributed by atoms with E-state index in [1.54, 1.807) is 45.0 Å². The van der Waals surface area contributed by atoms with Gasteiger partial charge in [-0.1, -0.05) is 44.2 Å². The van der Waals surface area contributed by atoms with Gasteiger partial charge in [0.15, 0.2) is 0 Å². The number of hydrogen-bond donors (Lipinski definition) is 2. The van der Waals surface area contributed by atoms with Gasteiger partial charge in [0.05, 0.1) is 10.5 Å². The van der Waals surface area contributed by atoms with Crippen LogP contribution in [-0.4, -0.2) is 31.7 Å². The molecular formula is C20H30BNO4S. The highest BCUT2D eigenvalue weighted by molar-refractivity contribution is 7.89. The molecule has 2 rings (SSSR count). The molecule has 2 aromatic carbocycles. The summed E-state index contributed by atoms with van der Waals surface area (Å²) < 4.78 is 34.3. The predicted molar refractivity (Wildman–Crippen MR) is 112 cm³/mol. The average molecular weight is 391 g/mol. The Morgan fingerprint density at radius 3 is 2.07 bits per heavy atom. The maximum absolute atomic E-state index is 12.9. The second kappa shape index (κ2) is 7.55. The largest absolute Gasteiger partial charge is 0.492 e. The van der Waals surface area contributed by atoms with Crippen LogP contribution in [-0.2, 0) is 14.7 Å². The monoisotopic (exact) mass is 391 g/mol. The van der Waals surface area contributed by atoms with Gasteiger partial charge in [-0.3, -0.25) is 0 Å². The number of hydrogen-bond acceptors (Lipinski definition) is 4. The van der Waals surface area contributed by atoms with Gasteiger partial charge < -0.3 is 9.68 Å². The molecule has 0 amide bonds. The zero-order chi connectivity index (χ0) is 20.6. The van der Waals surface area contributed by atoms with E-state index in [1.165, 1.54) is 6.07 Å². The molecule has 27 heavy (non-hydrogen) atoms. The fourth-order valence-electron chi connectivity index (χ4n) is 2.69. The summed E-state index contributed by atoms with van der Waals surface area (Å²) in [4.78, 5) is 0.187. The lowest BCUT2D eigenvalue weighted by Gasteiger charge is -2.31. The molecule has 0 heterocycles. The third-order valence-electron chi connectivity index (χ3n) is 4.72. The lowest BCUT2D eigenvalue weighted by atomic mass is 9.75. The van der Waals surface area contributed by atoms with E-state index < -0.39 is 28.3 Å². The van der Waals surface area contributed by atoms with E-state index in [4.69, 9.17) is 4.65 Å². The maximum Gasteiger partial charge on any atom is 0.492 e. The molecule has 5 nitrogen and oxygen atoms in total. The molecule has 148 valence electrons. The van der Waals surface area contributed by atoms with Crippen LogP contribution >= 0.6 is 0 Å². The Hall–Kier alpha value is -1.41. The SMILES string of the molecule is CC(C)C(C)(C)OB(O)c1ccc(S(=O)(=O)NC(C)(C)C)c2ccccc12. The highest BCUT2D eigenvalue weighted by atomic mass is 32.2. The molecule has 0 unspecified atom stereocenters. The Morgan fingerprint density at radius 1 is 1.00 bits per heavy atom. The van der Waals surface area contributed by atoms with E-state index >= 15 is 0 Å². The molecule has 0 spiro atoms. The standard InChI is InChI=1S/C20H30BNO4S/c1-14(2)20(6,7)26-21(23)17-12-13-18(16-11-9-8-10-15(16)17)27(24,25)22-19(3,4)5/h8-14,22-23H,1-7H3. The minimum Gasteiger partial charge on any atom is -0.423 e. The Morgan fingerprint density at radius 2 is 1.56 bits per heavy atom. The molecule has 0 bridgehead atoms. The van der Waals surface area contributed by atoms with Gasteiger partial charge in [-0.05, 0) is 57.5 Å². The summed E-state index contributed by atoms with van der Waals surface area (Å²) >= 11 is 0. The van der Waals surface area contributed by atoms with Gasteiger partial charge in [-0.2, -0.15) is 0 Å². The van der Waals surface area contributed by atoms with Gasteiger partial charge in [0.1, 0.15) is 0 Å². The Kier molecular flexibility index (Phi) is 6.12. The van der Waals surface area contributed by atoms with Gasteiger partial charge in [-0.15, -0.1) is 0 Å². The molecule has 0 saturated carbocycles. The van der Waals surface area contributed by atoms with Crippen LogP contribution < -0.4 is 10.2 Å². The lowest BCUT2D eigenvalue weighted by molar-refractivity contribution is 0.0424. The normalized spacial score (nSPS) is 13.4. The van der Waals surface area contributed by atoms with E-state index in [-0.39, 0.29) is 10.8 Å². The van der Waals surface area contributed by atoms with Gasteiger partial charge >= 0.3 is 7.12 Å². The first-order valence-electron chi connectivity index (χ1n) is 9.16. The number of rotatable bonds is 6. The molecular weight excluding hydrogens is 361 g/mol. The summed E-state index contributed by atoms with van der Waals surface area (Å²) in [6.07, 6.45) is 0. The van der Waals surface area contributed by atoms with Crippen LogP contribution in [0.15, 0.2) is 41.3 Å². The molecule has 0 fully saturated rings. The Labute approximate surface area is 163 Å². The summed E-state index contributed by atoms with van der Waals surface area (Å²) in [6, 6.07) is 10.3. The number of nitrogens with one attached hydrogen (secondary N) is 1. The Balaban J connectivity index is 2.56. The predicted octanol–water partition coefficient (Wildman–Crippen LogP) is 3.06. The molecule has 0 atom stereocenters. The highest BCUT2D eigenvalue weighted by Gasteiger charge is 2.32. The minimum atomic E-state index is -3.71. The van der Waals surface area contributed by atoms with E-state index in [0.717, 1.165) is 0 Å². The van der Waals surface area contributed by atoms with Crippen LogP contribution in [0.25, 0.3) is 10.8 Å². The van der Waals surface area contributed by atoms with Crippen molar-refractivity contribution >= 4 is 33.4 Å². The van der Waals surface area contributed by atoms with E-state index in [0.29, 0.717) is 16.2 Å². The Bertz CT molecular complexity index is 917. The molecule has 0 saturated heterocycles. The molecule has 7 heteroatoms. The first-order chi connectivity index (χ1) is 12.2. The van der Waals surface area contributed by atoms with Gasteiger partial charge in [-0.25, -0.2) is 13.1 Å². The van der Waals surface area contributed by atoms with Crippen molar-refractivity contribution in [2.75, 3.05) is 0 Å². The van der Waals surface area contributed by atoms with E-state index in [9.17, 15) is 13.4 Å². The zero-order valence-electron chi connectivity index (χ0n) is 17.2. The van der Waals surface area contributed by atoms with Crippen LogP contribution in [0.1, 0.15) is 48.5 Å². The number of benzene rings is 2. The summed E-state index contributed by atoms with van der Waals surface area (Å²) in [5.41, 5.74) is -0.573. The van der Waals surface area contributed by atoms with E-state index in [2.05, 4.69) is 4.72 Å².